The van der Waals surface area contributed by atoms with Crippen molar-refractivity contribution in [1.29, 1.82) is 0 Å². The van der Waals surface area contributed by atoms with Crippen LogP contribution in [0.2, 0.25) is 10.0 Å². The number of carbonyl (C=O) groups excluding carboxylic acids is 3. The number of nitrogens with zero attached hydrogens (tertiary/aromatic N) is 3. The van der Waals surface area contributed by atoms with Crippen molar-refractivity contribution in [3.8, 4) is 22.9 Å². The normalized spacial score (nSPS) is 20.1. The Hall–Kier alpha value is -4.75. The molecular formula is C41H43Cl2N7O5. The van der Waals surface area contributed by atoms with E-state index in [1.807, 2.05) is 36.4 Å². The third-order valence-electron chi connectivity index (χ3n) is 11.3. The van der Waals surface area contributed by atoms with Crippen LogP contribution in [0.15, 0.2) is 60.8 Å². The van der Waals surface area contributed by atoms with Gasteiger partial charge in [0.2, 0.25) is 23.6 Å². The monoisotopic (exact) mass is 783 g/mol. The van der Waals surface area contributed by atoms with E-state index in [0.717, 1.165) is 85.2 Å². The first-order chi connectivity index (χ1) is 26.7. The molecule has 3 saturated heterocycles. The first kappa shape index (κ1) is 37.2. The van der Waals surface area contributed by atoms with Crippen LogP contribution in [0, 0.1) is 5.41 Å². The van der Waals surface area contributed by atoms with E-state index in [0.29, 0.717) is 53.2 Å². The number of aromatic nitrogens is 2. The summed E-state index contributed by atoms with van der Waals surface area (Å²) in [5, 5.41) is 12.8. The molecule has 55 heavy (non-hydrogen) atoms. The van der Waals surface area contributed by atoms with Crippen LogP contribution in [0.1, 0.15) is 70.8 Å². The van der Waals surface area contributed by atoms with Gasteiger partial charge in [-0.05, 0) is 85.6 Å². The number of pyridine rings is 2. The van der Waals surface area contributed by atoms with Crippen molar-refractivity contribution in [2.75, 3.05) is 38.6 Å². The molecule has 286 valence electrons. The highest BCUT2D eigenvalue weighted by molar-refractivity contribution is 6.37. The third kappa shape index (κ3) is 7.73. The van der Waals surface area contributed by atoms with Gasteiger partial charge in [0.05, 0.1) is 23.1 Å². The Bertz CT molecular complexity index is 2120. The van der Waals surface area contributed by atoms with E-state index in [9.17, 15) is 14.4 Å². The van der Waals surface area contributed by atoms with Gasteiger partial charge < -0.3 is 30.7 Å². The van der Waals surface area contributed by atoms with Crippen molar-refractivity contribution in [1.82, 2.24) is 30.8 Å². The number of likely N-dealkylation sites (tertiary alicyclic amines) is 1. The second-order valence-corrected chi connectivity index (χ2v) is 15.6. The minimum atomic E-state index is -0.348. The molecule has 0 bridgehead atoms. The van der Waals surface area contributed by atoms with Gasteiger partial charge in [0, 0.05) is 56.0 Å². The number of fused-ring (bicyclic) bond motifs is 1. The summed E-state index contributed by atoms with van der Waals surface area (Å²) in [7, 11) is 1.56. The lowest BCUT2D eigenvalue weighted by Gasteiger charge is -2.46. The predicted octanol–water partition coefficient (Wildman–Crippen LogP) is 5.86. The summed E-state index contributed by atoms with van der Waals surface area (Å²) in [4.78, 5) is 48.5. The number of halogens is 2. The molecule has 2 aromatic carbocycles. The highest BCUT2D eigenvalue weighted by atomic mass is 35.5. The summed E-state index contributed by atoms with van der Waals surface area (Å²) >= 11 is 13.7. The second-order valence-electron chi connectivity index (χ2n) is 14.8. The molecule has 1 aliphatic carbocycles. The minimum Gasteiger partial charge on any atom is -0.481 e. The summed E-state index contributed by atoms with van der Waals surface area (Å²) in [6, 6.07) is 17.2. The Morgan fingerprint density at radius 3 is 2.55 bits per heavy atom. The van der Waals surface area contributed by atoms with Crippen LogP contribution in [0.3, 0.4) is 0 Å². The SMILES string of the molecule is COc1nc(O[C@H]2CCc3c(-c4cccc(C(=O)Nc5ccc(CN6CCC7(CC6)CNC7=O)cn5)c4Cl)cccc32)c(Cl)cc1CNC[C@@H]1CCC(=O)N1. The van der Waals surface area contributed by atoms with E-state index in [-0.39, 0.29) is 41.2 Å². The van der Waals surface area contributed by atoms with Gasteiger partial charge in [-0.15, -0.1) is 0 Å². The summed E-state index contributed by atoms with van der Waals surface area (Å²) < 4.78 is 12.0. The van der Waals surface area contributed by atoms with Gasteiger partial charge in [0.1, 0.15) is 16.9 Å². The number of hydrogen-bond acceptors (Lipinski definition) is 9. The van der Waals surface area contributed by atoms with Crippen LogP contribution >= 0.6 is 23.2 Å². The Balaban J connectivity index is 0.915. The number of β-lactam (4-membered cyclic amide) rings is 1. The van der Waals surface area contributed by atoms with E-state index in [2.05, 4.69) is 36.1 Å². The number of anilines is 1. The summed E-state index contributed by atoms with van der Waals surface area (Å²) in [5.74, 6) is 1.06. The van der Waals surface area contributed by atoms with Crippen molar-refractivity contribution in [2.24, 2.45) is 5.41 Å². The van der Waals surface area contributed by atoms with Gasteiger partial charge in [-0.2, -0.15) is 4.98 Å². The van der Waals surface area contributed by atoms with Gasteiger partial charge in [-0.3, -0.25) is 19.3 Å². The first-order valence-corrected chi connectivity index (χ1v) is 19.5. The Morgan fingerprint density at radius 1 is 1.02 bits per heavy atom. The number of methoxy groups -OCH3 is 1. The van der Waals surface area contributed by atoms with Gasteiger partial charge in [-0.25, -0.2) is 4.98 Å². The quantitative estimate of drug-likeness (QED) is 0.130. The van der Waals surface area contributed by atoms with Gasteiger partial charge >= 0.3 is 0 Å². The molecule has 0 radical (unpaired) electrons. The standard InChI is InChI=1S/C41H43Cl2N7O5/c1-54-38-25(20-44-21-26-9-13-35(51)47-26)18-32(42)39(49-38)55-33-11-10-28-27(4-2-5-29(28)33)30-6-3-7-31(36(30)43)37(52)48-34-12-8-24(19-45-34)22-50-16-14-41(15-17-50)23-46-40(41)53/h2-8,12,18-19,26,33,44H,9-11,13-17,20-23H2,1H3,(H,46,53)(H,47,51)(H,45,48,52)/t26-,33-/m0/s1. The molecule has 3 fully saturated rings. The van der Waals surface area contributed by atoms with Crippen LogP contribution in [0.5, 0.6) is 11.8 Å². The van der Waals surface area contributed by atoms with Gasteiger partial charge in [0.15, 0.2) is 0 Å². The average molecular weight is 785 g/mol. The van der Waals surface area contributed by atoms with E-state index < -0.39 is 0 Å². The lowest BCUT2D eigenvalue weighted by atomic mass is 9.72. The van der Waals surface area contributed by atoms with Crippen molar-refractivity contribution in [3.63, 3.8) is 0 Å². The molecule has 4 N–H and O–H groups in total. The summed E-state index contributed by atoms with van der Waals surface area (Å²) in [6.45, 7) is 4.39. The topological polar surface area (TPSA) is 147 Å². The molecule has 0 unspecified atom stereocenters. The minimum absolute atomic E-state index is 0.0805. The summed E-state index contributed by atoms with van der Waals surface area (Å²) in [5.41, 5.74) is 5.80. The second kappa shape index (κ2) is 15.8. The molecule has 2 aromatic heterocycles. The maximum Gasteiger partial charge on any atom is 0.258 e. The Morgan fingerprint density at radius 2 is 1.84 bits per heavy atom. The van der Waals surface area contributed by atoms with Gasteiger partial charge in [0.25, 0.3) is 5.91 Å². The Kier molecular flexibility index (Phi) is 10.7. The van der Waals surface area contributed by atoms with Gasteiger partial charge in [-0.1, -0.05) is 59.6 Å². The zero-order valence-electron chi connectivity index (χ0n) is 30.6. The smallest absolute Gasteiger partial charge is 0.258 e. The lowest BCUT2D eigenvalue weighted by molar-refractivity contribution is -0.143. The fourth-order valence-electron chi connectivity index (χ4n) is 8.12. The predicted molar refractivity (Wildman–Crippen MR) is 209 cm³/mol. The first-order valence-electron chi connectivity index (χ1n) is 18.8. The molecule has 8 rings (SSSR count). The lowest BCUT2D eigenvalue weighted by Crippen LogP contribution is -2.62. The van der Waals surface area contributed by atoms with Crippen LogP contribution in [-0.2, 0) is 29.1 Å². The number of benzene rings is 2. The van der Waals surface area contributed by atoms with Crippen molar-refractivity contribution in [2.45, 2.75) is 63.8 Å². The molecular weight excluding hydrogens is 741 g/mol. The summed E-state index contributed by atoms with van der Waals surface area (Å²) in [6.07, 6.45) is 6.05. The molecule has 14 heteroatoms. The highest BCUT2D eigenvalue weighted by Crippen LogP contribution is 2.43. The van der Waals surface area contributed by atoms with E-state index in [4.69, 9.17) is 32.7 Å². The highest BCUT2D eigenvalue weighted by Gasteiger charge is 2.47. The van der Waals surface area contributed by atoms with E-state index in [1.54, 1.807) is 31.5 Å². The van der Waals surface area contributed by atoms with Crippen molar-refractivity contribution >= 4 is 46.7 Å². The van der Waals surface area contributed by atoms with Crippen LogP contribution < -0.4 is 30.7 Å². The fourth-order valence-corrected chi connectivity index (χ4v) is 8.65. The number of nitrogens with one attached hydrogen (secondary N) is 4. The number of hydrogen-bond donors (Lipinski definition) is 4. The van der Waals surface area contributed by atoms with Crippen LogP contribution in [0.4, 0.5) is 5.82 Å². The average Bonchev–Trinajstić information content (AvgIpc) is 3.81. The number of ether oxygens (including phenoxy) is 2. The van der Waals surface area contributed by atoms with Crippen LogP contribution in [0.25, 0.3) is 11.1 Å². The number of amides is 3. The zero-order chi connectivity index (χ0) is 38.1. The number of piperidine rings is 1. The molecule has 2 atom stereocenters. The molecule has 4 aliphatic rings. The van der Waals surface area contributed by atoms with Crippen molar-refractivity contribution < 1.29 is 23.9 Å². The molecule has 0 saturated carbocycles. The maximum absolute atomic E-state index is 13.5. The number of rotatable bonds is 12. The zero-order valence-corrected chi connectivity index (χ0v) is 32.1. The van der Waals surface area contributed by atoms with Crippen molar-refractivity contribution in [3.05, 3.63) is 98.7 Å². The molecule has 3 amide bonds. The van der Waals surface area contributed by atoms with Crippen LogP contribution in [-0.4, -0.2) is 71.9 Å². The van der Waals surface area contributed by atoms with E-state index in [1.165, 1.54) is 0 Å². The molecule has 5 heterocycles. The molecule has 12 nitrogen and oxygen atoms in total. The molecule has 3 aliphatic heterocycles. The molecule has 4 aromatic rings. The molecule has 1 spiro atoms. The van der Waals surface area contributed by atoms with E-state index >= 15 is 0 Å². The number of carbonyl (C=O) groups is 3. The Labute approximate surface area is 329 Å². The largest absolute Gasteiger partial charge is 0.481 e. The third-order valence-corrected chi connectivity index (χ3v) is 12.0. The fraction of sp³-hybridized carbons (Fsp3) is 0.390. The maximum atomic E-state index is 13.5.